The fourth-order valence-electron chi connectivity index (χ4n) is 1.76. The van der Waals surface area contributed by atoms with Crippen LogP contribution in [0.25, 0.3) is 0 Å². The fourth-order valence-corrected chi connectivity index (χ4v) is 2.33. The van der Waals surface area contributed by atoms with Crippen molar-refractivity contribution in [3.8, 4) is 0 Å². The van der Waals surface area contributed by atoms with E-state index in [1.807, 2.05) is 7.05 Å². The zero-order valence-electron chi connectivity index (χ0n) is 9.40. The minimum atomic E-state index is 0.335. The molecule has 0 spiro atoms. The number of anilines is 1. The topological polar surface area (TPSA) is 44.3 Å². The molecule has 2 rings (SSSR count). The number of aromatic nitrogens is 2. The predicted octanol–water partition coefficient (Wildman–Crippen LogP) is 0.498. The van der Waals surface area contributed by atoms with E-state index < -0.39 is 0 Å². The summed E-state index contributed by atoms with van der Waals surface area (Å²) in [7, 11) is 6.16. The van der Waals surface area contributed by atoms with E-state index in [0.29, 0.717) is 6.04 Å². The molecule has 2 heterocycles. The Labute approximate surface area is 94.3 Å². The van der Waals surface area contributed by atoms with E-state index in [9.17, 15) is 0 Å². The van der Waals surface area contributed by atoms with Gasteiger partial charge in [-0.15, -0.1) is 0 Å². The van der Waals surface area contributed by atoms with Crippen molar-refractivity contribution in [2.45, 2.75) is 6.04 Å². The summed E-state index contributed by atoms with van der Waals surface area (Å²) in [5.41, 5.74) is 0. The molecule has 15 heavy (non-hydrogen) atoms. The number of nitrogens with zero attached hydrogens (tertiary/aromatic N) is 4. The summed E-state index contributed by atoms with van der Waals surface area (Å²) in [4.78, 5) is 9.11. The highest BCUT2D eigenvalue weighted by atomic mass is 32.1. The summed E-state index contributed by atoms with van der Waals surface area (Å²) in [5.74, 6) is 0.943. The molecule has 1 N–H and O–H groups in total. The number of hydrogen-bond donors (Lipinski definition) is 1. The number of likely N-dealkylation sites (N-methyl/N-ethyl adjacent to an activating group) is 2. The van der Waals surface area contributed by atoms with E-state index in [-0.39, 0.29) is 0 Å². The summed E-state index contributed by atoms with van der Waals surface area (Å²) >= 11 is 1.43. The fraction of sp³-hybridized carbons (Fsp3) is 0.778. The van der Waals surface area contributed by atoms with E-state index in [4.69, 9.17) is 0 Å². The van der Waals surface area contributed by atoms with Crippen LogP contribution in [0.4, 0.5) is 5.13 Å². The zero-order chi connectivity index (χ0) is 10.8. The van der Waals surface area contributed by atoms with Crippen LogP contribution in [0.5, 0.6) is 0 Å². The van der Waals surface area contributed by atoms with Crippen LogP contribution in [-0.2, 0) is 0 Å². The van der Waals surface area contributed by atoms with Gasteiger partial charge in [0, 0.05) is 38.2 Å². The van der Waals surface area contributed by atoms with Crippen LogP contribution in [0, 0.1) is 0 Å². The van der Waals surface area contributed by atoms with Crippen LogP contribution in [0.1, 0.15) is 11.9 Å². The van der Waals surface area contributed by atoms with Crippen molar-refractivity contribution in [3.63, 3.8) is 0 Å². The molecule has 1 fully saturated rings. The Morgan fingerprint density at radius 1 is 1.40 bits per heavy atom. The highest BCUT2D eigenvalue weighted by molar-refractivity contribution is 7.09. The molecule has 0 amide bonds. The second-order valence-electron chi connectivity index (χ2n) is 3.97. The normalized spacial score (nSPS) is 24.3. The van der Waals surface area contributed by atoms with E-state index >= 15 is 0 Å². The van der Waals surface area contributed by atoms with Gasteiger partial charge in [-0.1, -0.05) is 0 Å². The largest absolute Gasteiger partial charge is 0.363 e. The Bertz CT molecular complexity index is 326. The van der Waals surface area contributed by atoms with Crippen molar-refractivity contribution >= 4 is 16.7 Å². The van der Waals surface area contributed by atoms with Gasteiger partial charge in [-0.05, 0) is 14.1 Å². The first kappa shape index (κ1) is 10.8. The van der Waals surface area contributed by atoms with Gasteiger partial charge in [0.1, 0.15) is 0 Å². The summed E-state index contributed by atoms with van der Waals surface area (Å²) in [6.07, 6.45) is 0. The zero-order valence-corrected chi connectivity index (χ0v) is 10.2. The summed E-state index contributed by atoms with van der Waals surface area (Å²) < 4.78 is 4.40. The molecule has 1 atom stereocenters. The van der Waals surface area contributed by atoms with Gasteiger partial charge in [0.15, 0.2) is 5.82 Å². The second kappa shape index (κ2) is 4.42. The van der Waals surface area contributed by atoms with E-state index in [1.165, 1.54) is 11.5 Å². The lowest BCUT2D eigenvalue weighted by Crippen LogP contribution is -2.45. The summed E-state index contributed by atoms with van der Waals surface area (Å²) in [5, 5.41) is 3.92. The van der Waals surface area contributed by atoms with Crippen molar-refractivity contribution in [1.29, 1.82) is 0 Å². The minimum Gasteiger partial charge on any atom is -0.363 e. The van der Waals surface area contributed by atoms with Gasteiger partial charge in [-0.3, -0.25) is 4.90 Å². The van der Waals surface area contributed by atoms with Crippen LogP contribution < -0.4 is 5.32 Å². The Morgan fingerprint density at radius 3 is 2.87 bits per heavy atom. The van der Waals surface area contributed by atoms with Gasteiger partial charge in [-0.2, -0.15) is 4.37 Å². The van der Waals surface area contributed by atoms with Gasteiger partial charge in [-0.25, -0.2) is 4.98 Å². The van der Waals surface area contributed by atoms with Crippen molar-refractivity contribution in [2.24, 2.45) is 0 Å². The molecular weight excluding hydrogens is 210 g/mol. The Morgan fingerprint density at radius 2 is 2.20 bits per heavy atom. The first-order valence-corrected chi connectivity index (χ1v) is 5.88. The predicted molar refractivity (Wildman–Crippen MR) is 62.3 cm³/mol. The average molecular weight is 227 g/mol. The maximum atomic E-state index is 4.47. The monoisotopic (exact) mass is 227 g/mol. The second-order valence-corrected chi connectivity index (χ2v) is 4.72. The lowest BCUT2D eigenvalue weighted by molar-refractivity contribution is 0.110. The number of piperazine rings is 1. The molecule has 0 aromatic carbocycles. The first-order valence-electron chi connectivity index (χ1n) is 5.11. The van der Waals surface area contributed by atoms with Crippen molar-refractivity contribution in [3.05, 3.63) is 5.82 Å². The molecule has 5 nitrogen and oxygen atoms in total. The molecule has 1 aliphatic heterocycles. The molecule has 1 aliphatic rings. The average Bonchev–Trinajstić information content (AvgIpc) is 2.70. The third-order valence-electron chi connectivity index (χ3n) is 2.80. The highest BCUT2D eigenvalue weighted by Gasteiger charge is 2.26. The van der Waals surface area contributed by atoms with Gasteiger partial charge in [0.2, 0.25) is 5.13 Å². The lowest BCUT2D eigenvalue weighted by Gasteiger charge is -2.35. The van der Waals surface area contributed by atoms with Crippen molar-refractivity contribution in [2.75, 3.05) is 46.1 Å². The quantitative estimate of drug-likeness (QED) is 0.797. The summed E-state index contributed by atoms with van der Waals surface area (Å²) in [6.45, 7) is 3.21. The molecule has 1 aromatic heterocycles. The number of nitrogens with one attached hydrogen (secondary N) is 1. The molecule has 0 saturated carbocycles. The minimum absolute atomic E-state index is 0.335. The van der Waals surface area contributed by atoms with Gasteiger partial charge in [0.25, 0.3) is 0 Å². The molecule has 0 radical (unpaired) electrons. The van der Waals surface area contributed by atoms with Gasteiger partial charge in [0.05, 0.1) is 6.04 Å². The maximum absolute atomic E-state index is 4.47. The van der Waals surface area contributed by atoms with Crippen LogP contribution >= 0.6 is 11.5 Å². The number of rotatable bonds is 2. The van der Waals surface area contributed by atoms with Crippen LogP contribution in [-0.4, -0.2) is 59.9 Å². The van der Waals surface area contributed by atoms with Crippen LogP contribution in [0.2, 0.25) is 0 Å². The lowest BCUT2D eigenvalue weighted by atomic mass is 10.2. The Balaban J connectivity index is 2.13. The molecule has 1 aromatic rings. The smallest absolute Gasteiger partial charge is 0.202 e. The van der Waals surface area contributed by atoms with E-state index in [2.05, 4.69) is 38.6 Å². The van der Waals surface area contributed by atoms with E-state index in [1.54, 1.807) is 0 Å². The molecule has 84 valence electrons. The molecule has 0 bridgehead atoms. The van der Waals surface area contributed by atoms with Crippen molar-refractivity contribution < 1.29 is 0 Å². The Hall–Kier alpha value is -0.720. The van der Waals surface area contributed by atoms with Crippen LogP contribution in [0.15, 0.2) is 0 Å². The summed E-state index contributed by atoms with van der Waals surface area (Å²) in [6, 6.07) is 0.335. The first-order chi connectivity index (χ1) is 7.20. The molecular formula is C9H17N5S. The SMILES string of the molecule is CNc1nc(C2CN(C)CCN2C)ns1. The highest BCUT2D eigenvalue weighted by Crippen LogP contribution is 2.23. The number of hydrogen-bond acceptors (Lipinski definition) is 6. The molecule has 1 saturated heterocycles. The van der Waals surface area contributed by atoms with Gasteiger partial charge >= 0.3 is 0 Å². The Kier molecular flexibility index (Phi) is 3.18. The van der Waals surface area contributed by atoms with E-state index in [0.717, 1.165) is 30.6 Å². The van der Waals surface area contributed by atoms with Gasteiger partial charge < -0.3 is 10.2 Å². The molecule has 1 unspecified atom stereocenters. The molecule has 6 heteroatoms. The van der Waals surface area contributed by atoms with Crippen LogP contribution in [0.3, 0.4) is 0 Å². The maximum Gasteiger partial charge on any atom is 0.202 e. The third-order valence-corrected chi connectivity index (χ3v) is 3.55. The molecule has 0 aliphatic carbocycles. The third kappa shape index (κ3) is 2.27. The standard InChI is InChI=1S/C9H17N5S/c1-10-9-11-8(12-15-9)7-6-13(2)4-5-14(7)3/h7H,4-6H2,1-3H3,(H,10,11,12). The van der Waals surface area contributed by atoms with Crippen molar-refractivity contribution in [1.82, 2.24) is 19.2 Å².